The van der Waals surface area contributed by atoms with E-state index in [1.807, 2.05) is 25.2 Å². The number of anilines is 1. The van der Waals surface area contributed by atoms with Crippen LogP contribution in [0.5, 0.6) is 11.5 Å². The molecule has 0 radical (unpaired) electrons. The second-order valence-corrected chi connectivity index (χ2v) is 4.64. The highest BCUT2D eigenvalue weighted by Gasteiger charge is 2.22. The lowest BCUT2D eigenvalue weighted by Crippen LogP contribution is -2.17. The molecule has 1 aliphatic heterocycles. The number of hydrogen-bond donors (Lipinski definition) is 1. The molecule has 6 heteroatoms. The number of nitrogens with zero attached hydrogens (tertiary/aromatic N) is 2. The highest BCUT2D eigenvalue weighted by Crippen LogP contribution is 2.42. The maximum atomic E-state index is 5.84. The third kappa shape index (κ3) is 2.08. The van der Waals surface area contributed by atoms with Crippen LogP contribution >= 0.6 is 0 Å². The van der Waals surface area contributed by atoms with E-state index in [-0.39, 0.29) is 0 Å². The summed E-state index contributed by atoms with van der Waals surface area (Å²) in [6.45, 7) is 1.55. The lowest BCUT2D eigenvalue weighted by atomic mass is 10.1. The SMILES string of the molecule is COCc1ccc(-c2cc(N)n(C)n2)c2c1OCCO2. The minimum absolute atomic E-state index is 0.482. The molecule has 2 heterocycles. The normalized spacial score (nSPS) is 13.5. The van der Waals surface area contributed by atoms with E-state index in [2.05, 4.69) is 5.10 Å². The highest BCUT2D eigenvalue weighted by atomic mass is 16.6. The lowest BCUT2D eigenvalue weighted by molar-refractivity contribution is 0.153. The van der Waals surface area contributed by atoms with Gasteiger partial charge in [-0.15, -0.1) is 0 Å². The van der Waals surface area contributed by atoms with Gasteiger partial charge in [0, 0.05) is 31.4 Å². The molecule has 20 heavy (non-hydrogen) atoms. The van der Waals surface area contributed by atoms with Crippen LogP contribution in [0.25, 0.3) is 11.3 Å². The van der Waals surface area contributed by atoms with Gasteiger partial charge in [-0.1, -0.05) is 6.07 Å². The summed E-state index contributed by atoms with van der Waals surface area (Å²) in [7, 11) is 3.46. The maximum Gasteiger partial charge on any atom is 0.171 e. The van der Waals surface area contributed by atoms with Gasteiger partial charge in [0.1, 0.15) is 19.0 Å². The molecule has 1 aliphatic rings. The molecular weight excluding hydrogens is 258 g/mol. The smallest absolute Gasteiger partial charge is 0.171 e. The summed E-state index contributed by atoms with van der Waals surface area (Å²) in [5.41, 5.74) is 8.46. The van der Waals surface area contributed by atoms with Gasteiger partial charge in [-0.05, 0) is 6.07 Å². The van der Waals surface area contributed by atoms with Gasteiger partial charge in [0.2, 0.25) is 0 Å². The molecular formula is C14H17N3O3. The van der Waals surface area contributed by atoms with Crippen molar-refractivity contribution in [1.82, 2.24) is 9.78 Å². The Kier molecular flexibility index (Phi) is 3.23. The van der Waals surface area contributed by atoms with Gasteiger partial charge < -0.3 is 19.9 Å². The van der Waals surface area contributed by atoms with Crippen LogP contribution in [-0.4, -0.2) is 30.1 Å². The lowest BCUT2D eigenvalue weighted by Gasteiger charge is -2.23. The van der Waals surface area contributed by atoms with Crippen molar-refractivity contribution in [2.45, 2.75) is 6.61 Å². The van der Waals surface area contributed by atoms with E-state index >= 15 is 0 Å². The topological polar surface area (TPSA) is 71.5 Å². The molecule has 1 aromatic heterocycles. The molecule has 0 atom stereocenters. The second-order valence-electron chi connectivity index (χ2n) is 4.64. The molecule has 2 N–H and O–H groups in total. The summed E-state index contributed by atoms with van der Waals surface area (Å²) in [6, 6.07) is 5.75. The Hall–Kier alpha value is -2.21. The molecule has 2 aromatic rings. The molecule has 6 nitrogen and oxygen atoms in total. The number of benzene rings is 1. The van der Waals surface area contributed by atoms with Crippen molar-refractivity contribution in [2.24, 2.45) is 7.05 Å². The average molecular weight is 275 g/mol. The minimum atomic E-state index is 0.482. The summed E-state index contributed by atoms with van der Waals surface area (Å²) in [5, 5.41) is 4.39. The van der Waals surface area contributed by atoms with Gasteiger partial charge >= 0.3 is 0 Å². The number of nitrogen functional groups attached to an aromatic ring is 1. The fourth-order valence-corrected chi connectivity index (χ4v) is 2.28. The van der Waals surface area contributed by atoms with E-state index in [1.165, 1.54) is 0 Å². The summed E-state index contributed by atoms with van der Waals surface area (Å²) in [6.07, 6.45) is 0. The molecule has 106 valence electrons. The van der Waals surface area contributed by atoms with E-state index in [4.69, 9.17) is 19.9 Å². The Morgan fingerprint density at radius 3 is 2.70 bits per heavy atom. The van der Waals surface area contributed by atoms with E-state index < -0.39 is 0 Å². The quantitative estimate of drug-likeness (QED) is 0.921. The first kappa shape index (κ1) is 12.8. The highest BCUT2D eigenvalue weighted by molar-refractivity contribution is 5.74. The molecule has 0 saturated heterocycles. The van der Waals surface area contributed by atoms with E-state index in [9.17, 15) is 0 Å². The molecule has 3 rings (SSSR count). The summed E-state index contributed by atoms with van der Waals surface area (Å²) in [4.78, 5) is 0. The molecule has 0 bridgehead atoms. The van der Waals surface area contributed by atoms with Gasteiger partial charge in [0.15, 0.2) is 11.5 Å². The van der Waals surface area contributed by atoms with Crippen LogP contribution < -0.4 is 15.2 Å². The van der Waals surface area contributed by atoms with Gasteiger partial charge in [-0.25, -0.2) is 0 Å². The Morgan fingerprint density at radius 2 is 2.05 bits per heavy atom. The standard InChI is InChI=1S/C14H17N3O3/c1-17-12(15)7-11(16-17)10-4-3-9(8-18-2)13-14(10)20-6-5-19-13/h3-4,7H,5-6,8,15H2,1-2H3. The van der Waals surface area contributed by atoms with Crippen molar-refractivity contribution in [3.8, 4) is 22.8 Å². The van der Waals surface area contributed by atoms with Crippen LogP contribution in [-0.2, 0) is 18.4 Å². The third-order valence-electron chi connectivity index (χ3n) is 3.26. The van der Waals surface area contributed by atoms with Crippen molar-refractivity contribution in [2.75, 3.05) is 26.1 Å². The predicted molar refractivity (Wildman–Crippen MR) is 74.8 cm³/mol. The minimum Gasteiger partial charge on any atom is -0.486 e. The van der Waals surface area contributed by atoms with Crippen molar-refractivity contribution in [3.05, 3.63) is 23.8 Å². The first-order valence-electron chi connectivity index (χ1n) is 6.41. The van der Waals surface area contributed by atoms with Crippen LogP contribution in [0.2, 0.25) is 0 Å². The fraction of sp³-hybridized carbons (Fsp3) is 0.357. The number of rotatable bonds is 3. The van der Waals surface area contributed by atoms with Crippen LogP contribution in [0.1, 0.15) is 5.56 Å². The number of ether oxygens (including phenoxy) is 3. The number of hydrogen-bond acceptors (Lipinski definition) is 5. The number of aryl methyl sites for hydroxylation is 1. The van der Waals surface area contributed by atoms with Crippen LogP contribution in [0.3, 0.4) is 0 Å². The zero-order chi connectivity index (χ0) is 14.1. The first-order chi connectivity index (χ1) is 9.70. The molecule has 0 fully saturated rings. The Balaban J connectivity index is 2.12. The molecule has 0 amide bonds. The summed E-state index contributed by atoms with van der Waals surface area (Å²) < 4.78 is 18.3. The van der Waals surface area contributed by atoms with Crippen LogP contribution in [0.4, 0.5) is 5.82 Å². The average Bonchev–Trinajstić information content (AvgIpc) is 2.79. The number of methoxy groups -OCH3 is 1. The molecule has 1 aromatic carbocycles. The Bertz CT molecular complexity index is 617. The van der Waals surface area contributed by atoms with Gasteiger partial charge in [-0.2, -0.15) is 5.10 Å². The van der Waals surface area contributed by atoms with Gasteiger partial charge in [0.25, 0.3) is 0 Å². The zero-order valence-electron chi connectivity index (χ0n) is 11.5. The molecule has 0 unspecified atom stereocenters. The first-order valence-corrected chi connectivity index (χ1v) is 6.41. The predicted octanol–water partition coefficient (Wildman–Crippen LogP) is 1.59. The van der Waals surface area contributed by atoms with Crippen molar-refractivity contribution in [1.29, 1.82) is 0 Å². The molecule has 0 saturated carbocycles. The van der Waals surface area contributed by atoms with Gasteiger partial charge in [0.05, 0.1) is 12.3 Å². The Labute approximate surface area is 117 Å². The summed E-state index contributed by atoms with van der Waals surface area (Å²) >= 11 is 0. The van der Waals surface area contributed by atoms with E-state index in [1.54, 1.807) is 11.8 Å². The van der Waals surface area contributed by atoms with E-state index in [0.29, 0.717) is 31.4 Å². The summed E-state index contributed by atoms with van der Waals surface area (Å²) in [5.74, 6) is 2.05. The van der Waals surface area contributed by atoms with Crippen molar-refractivity contribution in [3.63, 3.8) is 0 Å². The van der Waals surface area contributed by atoms with Crippen molar-refractivity contribution >= 4 is 5.82 Å². The maximum absolute atomic E-state index is 5.84. The van der Waals surface area contributed by atoms with Crippen molar-refractivity contribution < 1.29 is 14.2 Å². The van der Waals surface area contributed by atoms with E-state index in [0.717, 1.165) is 22.6 Å². The zero-order valence-corrected chi connectivity index (χ0v) is 11.5. The van der Waals surface area contributed by atoms with Crippen LogP contribution in [0.15, 0.2) is 18.2 Å². The van der Waals surface area contributed by atoms with Crippen LogP contribution in [0, 0.1) is 0 Å². The van der Waals surface area contributed by atoms with Gasteiger partial charge in [-0.3, -0.25) is 4.68 Å². The third-order valence-corrected chi connectivity index (χ3v) is 3.26. The monoisotopic (exact) mass is 275 g/mol. The largest absolute Gasteiger partial charge is 0.486 e. The second kappa shape index (κ2) is 5.05. The molecule has 0 aliphatic carbocycles. The Morgan fingerprint density at radius 1 is 1.30 bits per heavy atom. The number of aromatic nitrogens is 2. The molecule has 0 spiro atoms. The fourth-order valence-electron chi connectivity index (χ4n) is 2.28. The number of fused-ring (bicyclic) bond motifs is 1. The number of nitrogens with two attached hydrogens (primary N) is 1.